The molecule has 3 aromatic rings. The Hall–Kier alpha value is -4.08. The van der Waals surface area contributed by atoms with Crippen LogP contribution in [0, 0.1) is 5.92 Å². The van der Waals surface area contributed by atoms with Crippen molar-refractivity contribution in [2.24, 2.45) is 5.92 Å². The number of carbonyl (C=O) groups excluding carboxylic acids is 3. The van der Waals surface area contributed by atoms with Crippen LogP contribution in [0.4, 0.5) is 5.69 Å². The van der Waals surface area contributed by atoms with Crippen LogP contribution in [0.25, 0.3) is 11.4 Å². The van der Waals surface area contributed by atoms with Crippen LogP contribution in [0.5, 0.6) is 0 Å². The SMILES string of the molecule is CC(C)C(NC(=O)CCN1C(=O)c2ccccc2N2C(=O)CCC12C)c1nc(-c2ccncc2)no1. The summed E-state index contributed by atoms with van der Waals surface area (Å²) in [6.45, 7) is 5.97. The number of nitrogens with zero attached hydrogens (tertiary/aromatic N) is 5. The van der Waals surface area contributed by atoms with Crippen molar-refractivity contribution in [2.45, 2.75) is 51.7 Å². The summed E-state index contributed by atoms with van der Waals surface area (Å²) in [5, 5.41) is 7.03. The molecule has 0 saturated carbocycles. The van der Waals surface area contributed by atoms with Gasteiger partial charge in [0.1, 0.15) is 11.7 Å². The largest absolute Gasteiger partial charge is 0.344 e. The molecule has 5 rings (SSSR count). The fraction of sp³-hybridized carbons (Fsp3) is 0.385. The van der Waals surface area contributed by atoms with Gasteiger partial charge in [-0.05, 0) is 43.5 Å². The summed E-state index contributed by atoms with van der Waals surface area (Å²) in [6.07, 6.45) is 4.23. The van der Waals surface area contributed by atoms with Crippen molar-refractivity contribution in [2.75, 3.05) is 11.4 Å². The van der Waals surface area contributed by atoms with E-state index in [1.165, 1.54) is 0 Å². The van der Waals surface area contributed by atoms with E-state index in [1.807, 2.05) is 26.8 Å². The van der Waals surface area contributed by atoms with E-state index in [0.29, 0.717) is 35.8 Å². The number of benzene rings is 1. The number of anilines is 1. The molecule has 1 aromatic carbocycles. The molecule has 1 fully saturated rings. The summed E-state index contributed by atoms with van der Waals surface area (Å²) in [6, 6.07) is 10.2. The number of nitrogens with one attached hydrogen (secondary N) is 1. The molecule has 4 heterocycles. The predicted molar refractivity (Wildman–Crippen MR) is 130 cm³/mol. The highest BCUT2D eigenvalue weighted by Crippen LogP contribution is 2.44. The van der Waals surface area contributed by atoms with Gasteiger partial charge in [0.2, 0.25) is 23.5 Å². The van der Waals surface area contributed by atoms with Gasteiger partial charge in [0.05, 0.1) is 11.3 Å². The molecule has 1 N–H and O–H groups in total. The van der Waals surface area contributed by atoms with Crippen molar-refractivity contribution >= 4 is 23.4 Å². The van der Waals surface area contributed by atoms with E-state index in [4.69, 9.17) is 4.52 Å². The van der Waals surface area contributed by atoms with Crippen molar-refractivity contribution < 1.29 is 18.9 Å². The third kappa shape index (κ3) is 4.02. The number of fused-ring (bicyclic) bond motifs is 3. The third-order valence-electron chi connectivity index (χ3n) is 6.94. The Morgan fingerprint density at radius 1 is 1.17 bits per heavy atom. The highest BCUT2D eigenvalue weighted by atomic mass is 16.5. The van der Waals surface area contributed by atoms with Crippen LogP contribution < -0.4 is 10.2 Å². The van der Waals surface area contributed by atoms with Gasteiger partial charge >= 0.3 is 0 Å². The lowest BCUT2D eigenvalue weighted by Gasteiger charge is -2.48. The summed E-state index contributed by atoms with van der Waals surface area (Å²) >= 11 is 0. The number of para-hydroxylation sites is 1. The van der Waals surface area contributed by atoms with Crippen LogP contribution in [0.15, 0.2) is 53.3 Å². The standard InChI is InChI=1S/C26H28N6O4/c1-16(2)22(24-29-23(30-36-24)17-9-13-27-14-10-17)28-20(33)11-15-31-25(35)18-6-4-5-7-19(18)32-21(34)8-12-26(31,32)3/h4-7,9-10,13-14,16,22H,8,11-12,15H2,1-3H3,(H,28,33). The molecular weight excluding hydrogens is 460 g/mol. The molecule has 2 aliphatic rings. The second-order valence-corrected chi connectivity index (χ2v) is 9.65. The van der Waals surface area contributed by atoms with Crippen LogP contribution in [-0.4, -0.2) is 50.0 Å². The van der Waals surface area contributed by atoms with Gasteiger partial charge in [0.15, 0.2) is 0 Å². The van der Waals surface area contributed by atoms with Crippen LogP contribution in [-0.2, 0) is 9.59 Å². The number of carbonyl (C=O) groups is 3. The first-order valence-corrected chi connectivity index (χ1v) is 12.1. The van der Waals surface area contributed by atoms with Gasteiger partial charge in [-0.1, -0.05) is 31.1 Å². The van der Waals surface area contributed by atoms with Crippen LogP contribution in [0.2, 0.25) is 0 Å². The number of amides is 3. The summed E-state index contributed by atoms with van der Waals surface area (Å²) in [5.41, 5.74) is 1.07. The Labute approximate surface area is 208 Å². The zero-order valence-electron chi connectivity index (χ0n) is 20.5. The van der Waals surface area contributed by atoms with Crippen molar-refractivity contribution in [3.05, 3.63) is 60.2 Å². The third-order valence-corrected chi connectivity index (χ3v) is 6.94. The Morgan fingerprint density at radius 2 is 1.92 bits per heavy atom. The topological polar surface area (TPSA) is 122 Å². The van der Waals surface area contributed by atoms with Gasteiger partial charge in [-0.3, -0.25) is 24.3 Å². The average Bonchev–Trinajstić information content (AvgIpc) is 3.48. The molecule has 1 saturated heterocycles. The maximum absolute atomic E-state index is 13.4. The number of rotatable bonds is 7. The van der Waals surface area contributed by atoms with Crippen LogP contribution >= 0.6 is 0 Å². The molecule has 2 aromatic heterocycles. The van der Waals surface area contributed by atoms with E-state index >= 15 is 0 Å². The van der Waals surface area contributed by atoms with Crippen molar-refractivity contribution in [1.82, 2.24) is 25.3 Å². The van der Waals surface area contributed by atoms with Gasteiger partial charge in [-0.2, -0.15) is 4.98 Å². The van der Waals surface area contributed by atoms with Crippen LogP contribution in [0.3, 0.4) is 0 Å². The minimum Gasteiger partial charge on any atom is -0.344 e. The minimum atomic E-state index is -0.799. The molecule has 3 amide bonds. The quantitative estimate of drug-likeness (QED) is 0.541. The second-order valence-electron chi connectivity index (χ2n) is 9.65. The number of hydrogen-bond donors (Lipinski definition) is 1. The molecule has 10 heteroatoms. The van der Waals surface area contributed by atoms with Crippen LogP contribution in [0.1, 0.15) is 62.3 Å². The Morgan fingerprint density at radius 3 is 2.67 bits per heavy atom. The number of pyridine rings is 1. The monoisotopic (exact) mass is 488 g/mol. The molecule has 10 nitrogen and oxygen atoms in total. The predicted octanol–water partition coefficient (Wildman–Crippen LogP) is 3.33. The maximum atomic E-state index is 13.4. The summed E-state index contributed by atoms with van der Waals surface area (Å²) in [5.74, 6) is 0.280. The molecule has 2 unspecified atom stereocenters. The molecule has 2 atom stereocenters. The molecule has 0 aliphatic carbocycles. The van der Waals surface area contributed by atoms with E-state index in [2.05, 4.69) is 20.4 Å². The average molecular weight is 489 g/mol. The maximum Gasteiger partial charge on any atom is 0.257 e. The first-order chi connectivity index (χ1) is 17.3. The zero-order chi connectivity index (χ0) is 25.4. The summed E-state index contributed by atoms with van der Waals surface area (Å²) < 4.78 is 5.47. The number of hydrogen-bond acceptors (Lipinski definition) is 7. The molecule has 2 aliphatic heterocycles. The van der Waals surface area contributed by atoms with E-state index in [-0.39, 0.29) is 36.6 Å². The molecule has 186 valence electrons. The zero-order valence-corrected chi connectivity index (χ0v) is 20.5. The first kappa shape index (κ1) is 23.7. The normalized spacial score (nSPS) is 19.9. The summed E-state index contributed by atoms with van der Waals surface area (Å²) in [7, 11) is 0. The lowest BCUT2D eigenvalue weighted by atomic mass is 9.98. The molecule has 0 radical (unpaired) electrons. The van der Waals surface area contributed by atoms with E-state index in [1.54, 1.807) is 52.5 Å². The number of aromatic nitrogens is 3. The highest BCUT2D eigenvalue weighted by Gasteiger charge is 2.52. The molecule has 0 bridgehead atoms. The highest BCUT2D eigenvalue weighted by molar-refractivity contribution is 6.10. The fourth-order valence-electron chi connectivity index (χ4n) is 4.99. The summed E-state index contributed by atoms with van der Waals surface area (Å²) in [4.78, 5) is 51.0. The molecule has 36 heavy (non-hydrogen) atoms. The van der Waals surface area contributed by atoms with Gasteiger partial charge in [-0.15, -0.1) is 0 Å². The Balaban J connectivity index is 1.31. The van der Waals surface area contributed by atoms with Crippen molar-refractivity contribution in [3.8, 4) is 11.4 Å². The van der Waals surface area contributed by atoms with Crippen molar-refractivity contribution in [1.29, 1.82) is 0 Å². The lowest BCUT2D eigenvalue weighted by Crippen LogP contribution is -2.62. The molecular formula is C26H28N6O4. The van der Waals surface area contributed by atoms with E-state index in [0.717, 1.165) is 5.56 Å². The first-order valence-electron chi connectivity index (χ1n) is 12.1. The van der Waals surface area contributed by atoms with Gasteiger partial charge in [0, 0.05) is 37.3 Å². The van der Waals surface area contributed by atoms with Gasteiger partial charge in [-0.25, -0.2) is 0 Å². The second kappa shape index (κ2) is 9.18. The van der Waals surface area contributed by atoms with E-state index < -0.39 is 11.7 Å². The van der Waals surface area contributed by atoms with Gasteiger partial charge in [0.25, 0.3) is 5.91 Å². The van der Waals surface area contributed by atoms with Gasteiger partial charge < -0.3 is 14.7 Å². The smallest absolute Gasteiger partial charge is 0.257 e. The fourth-order valence-corrected chi connectivity index (χ4v) is 4.99. The van der Waals surface area contributed by atoms with E-state index in [9.17, 15) is 14.4 Å². The molecule has 0 spiro atoms. The lowest BCUT2D eigenvalue weighted by molar-refractivity contribution is -0.122. The minimum absolute atomic E-state index is 0.0105. The van der Waals surface area contributed by atoms with Crippen molar-refractivity contribution in [3.63, 3.8) is 0 Å². The Kier molecular flexibility index (Phi) is 6.03. The Bertz CT molecular complexity index is 1310.